The molecule has 1 saturated heterocycles. The maximum absolute atomic E-state index is 11.9. The summed E-state index contributed by atoms with van der Waals surface area (Å²) in [5.74, 6) is 1.29. The smallest absolute Gasteiger partial charge is 0.239 e. The lowest BCUT2D eigenvalue weighted by molar-refractivity contribution is -0.121. The molecule has 0 aliphatic carbocycles. The van der Waals surface area contributed by atoms with Crippen molar-refractivity contribution in [1.82, 2.24) is 20.9 Å². The van der Waals surface area contributed by atoms with Crippen molar-refractivity contribution in [2.45, 2.75) is 52.6 Å². The molecule has 28 heavy (non-hydrogen) atoms. The highest BCUT2D eigenvalue weighted by Gasteiger charge is 2.20. The van der Waals surface area contributed by atoms with Gasteiger partial charge >= 0.3 is 0 Å². The predicted octanol–water partition coefficient (Wildman–Crippen LogP) is 2.29. The number of hydrogen-bond donors (Lipinski definition) is 3. The van der Waals surface area contributed by atoms with Crippen LogP contribution >= 0.6 is 0 Å². The molecule has 0 spiro atoms. The van der Waals surface area contributed by atoms with Gasteiger partial charge in [0.2, 0.25) is 5.91 Å². The highest BCUT2D eigenvalue weighted by atomic mass is 16.2. The van der Waals surface area contributed by atoms with E-state index in [0.29, 0.717) is 11.9 Å². The molecule has 3 N–H and O–H groups in total. The van der Waals surface area contributed by atoms with Gasteiger partial charge in [-0.25, -0.2) is 0 Å². The Balaban J connectivity index is 1.66. The molecular weight excluding hydrogens is 350 g/mol. The van der Waals surface area contributed by atoms with Crippen LogP contribution in [-0.2, 0) is 11.3 Å². The first-order valence-corrected chi connectivity index (χ1v) is 10.3. The highest BCUT2D eigenvalue weighted by molar-refractivity contribution is 5.86. The molecule has 6 nitrogen and oxygen atoms in total. The molecule has 0 bridgehead atoms. The van der Waals surface area contributed by atoms with Gasteiger partial charge in [0.1, 0.15) is 0 Å². The number of amides is 1. The molecule has 0 unspecified atom stereocenters. The Bertz CT molecular complexity index is 640. The maximum atomic E-state index is 11.9. The largest absolute Gasteiger partial charge is 0.356 e. The van der Waals surface area contributed by atoms with Gasteiger partial charge in [-0.3, -0.25) is 14.7 Å². The van der Waals surface area contributed by atoms with Crippen LogP contribution in [0.1, 0.15) is 44.7 Å². The Kier molecular flexibility index (Phi) is 8.30. The maximum Gasteiger partial charge on any atom is 0.239 e. The summed E-state index contributed by atoms with van der Waals surface area (Å²) in [6.07, 6.45) is 2.36. The number of rotatable bonds is 6. The summed E-state index contributed by atoms with van der Waals surface area (Å²) in [5, 5.41) is 9.40. The van der Waals surface area contributed by atoms with Gasteiger partial charge in [0.05, 0.1) is 6.54 Å². The van der Waals surface area contributed by atoms with Gasteiger partial charge in [-0.15, -0.1) is 0 Å². The first-order chi connectivity index (χ1) is 13.2. The lowest BCUT2D eigenvalue weighted by atomic mass is 9.96. The van der Waals surface area contributed by atoms with Crippen LogP contribution in [0.2, 0.25) is 0 Å². The minimum atomic E-state index is -0.220. The molecule has 1 heterocycles. The SMILES string of the molecule is CN=C(NCC(=O)NC(C)(C)C)NCC1CCN(Cc2ccc(C)cc2)CC1. The van der Waals surface area contributed by atoms with Crippen molar-refractivity contribution in [3.8, 4) is 0 Å². The highest BCUT2D eigenvalue weighted by Crippen LogP contribution is 2.18. The van der Waals surface area contributed by atoms with Gasteiger partial charge in [-0.1, -0.05) is 29.8 Å². The summed E-state index contributed by atoms with van der Waals surface area (Å²) in [7, 11) is 1.74. The van der Waals surface area contributed by atoms with Crippen LogP contribution < -0.4 is 16.0 Å². The van der Waals surface area contributed by atoms with Crippen LogP contribution in [0.25, 0.3) is 0 Å². The number of carbonyl (C=O) groups is 1. The van der Waals surface area contributed by atoms with Crippen LogP contribution in [-0.4, -0.2) is 55.5 Å². The second-order valence-corrected chi connectivity index (χ2v) is 8.81. The molecule has 0 atom stereocenters. The van der Waals surface area contributed by atoms with Crippen molar-refractivity contribution >= 4 is 11.9 Å². The van der Waals surface area contributed by atoms with E-state index in [-0.39, 0.29) is 18.0 Å². The molecule has 1 amide bonds. The third kappa shape index (κ3) is 8.30. The van der Waals surface area contributed by atoms with Gasteiger partial charge in [0.15, 0.2) is 5.96 Å². The number of guanidine groups is 1. The average Bonchev–Trinajstić information content (AvgIpc) is 2.63. The number of benzene rings is 1. The average molecular weight is 388 g/mol. The first kappa shape index (κ1) is 22.2. The monoisotopic (exact) mass is 387 g/mol. The van der Waals surface area contributed by atoms with Gasteiger partial charge in [-0.2, -0.15) is 0 Å². The fourth-order valence-corrected chi connectivity index (χ4v) is 3.39. The molecule has 1 aliphatic rings. The number of piperidine rings is 1. The lowest BCUT2D eigenvalue weighted by Gasteiger charge is -2.32. The second kappa shape index (κ2) is 10.5. The van der Waals surface area contributed by atoms with Crippen LogP contribution in [0.5, 0.6) is 0 Å². The van der Waals surface area contributed by atoms with Crippen LogP contribution in [0.3, 0.4) is 0 Å². The van der Waals surface area contributed by atoms with Gasteiger partial charge in [-0.05, 0) is 65.1 Å². The van der Waals surface area contributed by atoms with Crippen LogP contribution in [0, 0.1) is 12.8 Å². The number of nitrogens with zero attached hydrogens (tertiary/aromatic N) is 2. The molecule has 1 aliphatic heterocycles. The summed E-state index contributed by atoms with van der Waals surface area (Å²) in [6.45, 7) is 12.5. The molecule has 1 fully saturated rings. The summed E-state index contributed by atoms with van der Waals surface area (Å²) < 4.78 is 0. The Morgan fingerprint density at radius 2 is 1.79 bits per heavy atom. The summed E-state index contributed by atoms with van der Waals surface area (Å²) in [4.78, 5) is 18.7. The van der Waals surface area contributed by atoms with E-state index in [4.69, 9.17) is 0 Å². The van der Waals surface area contributed by atoms with Crippen molar-refractivity contribution in [2.75, 3.05) is 33.2 Å². The normalized spacial score (nSPS) is 16.7. The molecule has 1 aromatic carbocycles. The number of aliphatic imine (C=N–C) groups is 1. The lowest BCUT2D eigenvalue weighted by Crippen LogP contribution is -2.49. The minimum absolute atomic E-state index is 0.0279. The molecule has 1 aromatic rings. The van der Waals surface area contributed by atoms with Crippen molar-refractivity contribution in [3.05, 3.63) is 35.4 Å². The molecule has 0 radical (unpaired) electrons. The summed E-state index contributed by atoms with van der Waals surface area (Å²) >= 11 is 0. The van der Waals surface area contributed by atoms with Crippen LogP contribution in [0.4, 0.5) is 0 Å². The molecule has 2 rings (SSSR count). The molecular formula is C22H37N5O. The van der Waals surface area contributed by atoms with Gasteiger partial charge in [0, 0.05) is 25.7 Å². The quantitative estimate of drug-likeness (QED) is 0.517. The standard InChI is InChI=1S/C22H37N5O/c1-17-6-8-19(9-7-17)16-27-12-10-18(11-13-27)14-24-21(23-5)25-15-20(28)26-22(2,3)4/h6-9,18H,10-16H2,1-5H3,(H,26,28)(H2,23,24,25). The zero-order chi connectivity index (χ0) is 20.6. The first-order valence-electron chi connectivity index (χ1n) is 10.3. The van der Waals surface area contributed by atoms with E-state index in [1.54, 1.807) is 7.05 Å². The van der Waals surface area contributed by atoms with Gasteiger partial charge < -0.3 is 16.0 Å². The fraction of sp³-hybridized carbons (Fsp3) is 0.636. The van der Waals surface area contributed by atoms with E-state index >= 15 is 0 Å². The Labute approximate surface area is 170 Å². The third-order valence-electron chi connectivity index (χ3n) is 4.95. The zero-order valence-electron chi connectivity index (χ0n) is 18.1. The van der Waals surface area contributed by atoms with Crippen molar-refractivity contribution in [3.63, 3.8) is 0 Å². The van der Waals surface area contributed by atoms with Gasteiger partial charge in [0.25, 0.3) is 0 Å². The fourth-order valence-electron chi connectivity index (χ4n) is 3.39. The van der Waals surface area contributed by atoms with E-state index in [2.05, 4.69) is 57.0 Å². The van der Waals surface area contributed by atoms with E-state index in [1.807, 2.05) is 20.8 Å². The number of hydrogen-bond acceptors (Lipinski definition) is 3. The van der Waals surface area contributed by atoms with Crippen LogP contribution in [0.15, 0.2) is 29.3 Å². The Hall–Kier alpha value is -2.08. The summed E-state index contributed by atoms with van der Waals surface area (Å²) in [6, 6.07) is 8.83. The van der Waals surface area contributed by atoms with Crippen molar-refractivity contribution < 1.29 is 4.79 Å². The number of aryl methyl sites for hydroxylation is 1. The Morgan fingerprint density at radius 1 is 1.14 bits per heavy atom. The van der Waals surface area contributed by atoms with Crippen molar-refractivity contribution in [2.24, 2.45) is 10.9 Å². The van der Waals surface area contributed by atoms with E-state index in [1.165, 1.54) is 24.0 Å². The zero-order valence-corrected chi connectivity index (χ0v) is 18.1. The number of nitrogens with one attached hydrogen (secondary N) is 3. The predicted molar refractivity (Wildman–Crippen MR) is 116 cm³/mol. The second-order valence-electron chi connectivity index (χ2n) is 8.81. The topological polar surface area (TPSA) is 68.8 Å². The van der Waals surface area contributed by atoms with E-state index in [0.717, 1.165) is 26.2 Å². The molecule has 0 aromatic heterocycles. The number of carbonyl (C=O) groups excluding carboxylic acids is 1. The van der Waals surface area contributed by atoms with E-state index in [9.17, 15) is 4.79 Å². The Morgan fingerprint density at radius 3 is 2.36 bits per heavy atom. The summed E-state index contributed by atoms with van der Waals surface area (Å²) in [5.41, 5.74) is 2.48. The number of likely N-dealkylation sites (tertiary alicyclic amines) is 1. The van der Waals surface area contributed by atoms with E-state index < -0.39 is 0 Å². The van der Waals surface area contributed by atoms with Crippen molar-refractivity contribution in [1.29, 1.82) is 0 Å². The molecule has 156 valence electrons. The molecule has 6 heteroatoms. The minimum Gasteiger partial charge on any atom is -0.356 e. The molecule has 0 saturated carbocycles. The third-order valence-corrected chi connectivity index (χ3v) is 4.95.